The Hall–Kier alpha value is -1.17. The summed E-state index contributed by atoms with van der Waals surface area (Å²) < 4.78 is 5.46. The van der Waals surface area contributed by atoms with Gasteiger partial charge in [0, 0.05) is 26.2 Å². The summed E-state index contributed by atoms with van der Waals surface area (Å²) in [5, 5.41) is 3.34. The van der Waals surface area contributed by atoms with Gasteiger partial charge < -0.3 is 15.8 Å². The number of benzene rings is 1. The van der Waals surface area contributed by atoms with Crippen LogP contribution in [0.15, 0.2) is 24.3 Å². The zero-order chi connectivity index (χ0) is 13.7. The molecule has 0 amide bonds. The van der Waals surface area contributed by atoms with Crippen molar-refractivity contribution >= 4 is 17.2 Å². The second kappa shape index (κ2) is 6.84. The smallest absolute Gasteiger partial charge is 0.119 e. The summed E-state index contributed by atoms with van der Waals surface area (Å²) in [5.41, 5.74) is 7.07. The van der Waals surface area contributed by atoms with E-state index in [-0.39, 0.29) is 6.04 Å². The Bertz CT molecular complexity index is 415. The highest BCUT2D eigenvalue weighted by atomic mass is 32.1. The minimum Gasteiger partial charge on any atom is -0.494 e. The minimum absolute atomic E-state index is 0.0211. The van der Waals surface area contributed by atoms with E-state index in [4.69, 9.17) is 22.7 Å². The lowest BCUT2D eigenvalue weighted by Crippen LogP contribution is -2.48. The molecule has 104 valence electrons. The van der Waals surface area contributed by atoms with Crippen LogP contribution in [0, 0.1) is 0 Å². The van der Waals surface area contributed by atoms with Crippen LogP contribution in [-0.2, 0) is 0 Å². The molecule has 0 saturated carbocycles. The number of ether oxygens (including phenoxy) is 1. The number of thiocarbonyl (C=S) groups is 1. The normalized spacial score (nSPS) is 17.9. The molecule has 1 saturated heterocycles. The summed E-state index contributed by atoms with van der Waals surface area (Å²) in [6.07, 6.45) is 0. The van der Waals surface area contributed by atoms with E-state index >= 15 is 0 Å². The predicted molar refractivity (Wildman–Crippen MR) is 81.6 cm³/mol. The second-order valence-corrected chi connectivity index (χ2v) is 5.06. The Balaban J connectivity index is 2.15. The van der Waals surface area contributed by atoms with E-state index in [1.54, 1.807) is 0 Å². The van der Waals surface area contributed by atoms with Gasteiger partial charge in [0.05, 0.1) is 17.6 Å². The fourth-order valence-electron chi connectivity index (χ4n) is 2.41. The quantitative estimate of drug-likeness (QED) is 0.796. The molecule has 19 heavy (non-hydrogen) atoms. The molecule has 0 radical (unpaired) electrons. The first-order valence-electron chi connectivity index (χ1n) is 6.69. The van der Waals surface area contributed by atoms with Gasteiger partial charge in [0.15, 0.2) is 0 Å². The van der Waals surface area contributed by atoms with Crippen molar-refractivity contribution in [1.82, 2.24) is 10.2 Å². The Morgan fingerprint density at radius 1 is 1.37 bits per heavy atom. The maximum absolute atomic E-state index is 5.93. The molecule has 1 atom stereocenters. The highest BCUT2D eigenvalue weighted by Crippen LogP contribution is 2.24. The van der Waals surface area contributed by atoms with Crippen LogP contribution in [0.2, 0.25) is 0 Å². The molecule has 1 heterocycles. The van der Waals surface area contributed by atoms with Gasteiger partial charge in [-0.1, -0.05) is 24.4 Å². The fourth-order valence-corrected chi connectivity index (χ4v) is 2.69. The molecule has 2 rings (SSSR count). The molecule has 4 nitrogen and oxygen atoms in total. The summed E-state index contributed by atoms with van der Waals surface area (Å²) in [5.74, 6) is 0.883. The number of nitrogens with two attached hydrogens (primary N) is 1. The van der Waals surface area contributed by atoms with Crippen molar-refractivity contribution in [3.05, 3.63) is 29.8 Å². The van der Waals surface area contributed by atoms with Gasteiger partial charge in [-0.15, -0.1) is 0 Å². The fraction of sp³-hybridized carbons (Fsp3) is 0.500. The molecule has 1 aliphatic rings. The SMILES string of the molecule is CCOc1ccc(C(C(N)=S)N2CCNCC2)cc1. The number of hydrogen-bond donors (Lipinski definition) is 2. The number of piperazine rings is 1. The molecule has 0 aliphatic carbocycles. The molecule has 0 aromatic heterocycles. The van der Waals surface area contributed by atoms with Crippen LogP contribution in [0.25, 0.3) is 0 Å². The largest absolute Gasteiger partial charge is 0.494 e. The maximum atomic E-state index is 5.93. The number of nitrogens with one attached hydrogen (secondary N) is 1. The molecule has 0 spiro atoms. The molecule has 1 aromatic carbocycles. The van der Waals surface area contributed by atoms with Gasteiger partial charge in [-0.3, -0.25) is 4.90 Å². The summed E-state index contributed by atoms with van der Waals surface area (Å²) in [4.78, 5) is 2.86. The van der Waals surface area contributed by atoms with Gasteiger partial charge in [-0.05, 0) is 24.6 Å². The van der Waals surface area contributed by atoms with E-state index in [1.165, 1.54) is 0 Å². The third kappa shape index (κ3) is 3.65. The molecular weight excluding hydrogens is 258 g/mol. The summed E-state index contributed by atoms with van der Waals surface area (Å²) in [6, 6.07) is 8.08. The van der Waals surface area contributed by atoms with Crippen molar-refractivity contribution in [2.45, 2.75) is 13.0 Å². The van der Waals surface area contributed by atoms with Gasteiger partial charge in [0.2, 0.25) is 0 Å². The Labute approximate surface area is 119 Å². The Kier molecular flexibility index (Phi) is 5.13. The first-order valence-corrected chi connectivity index (χ1v) is 7.10. The monoisotopic (exact) mass is 279 g/mol. The standard InChI is InChI=1S/C14H21N3OS/c1-2-18-12-5-3-11(4-6-12)13(14(15)19)17-9-7-16-8-10-17/h3-6,13,16H,2,7-10H2,1H3,(H2,15,19). The molecular formula is C14H21N3OS. The van der Waals surface area contributed by atoms with Gasteiger partial charge in [-0.25, -0.2) is 0 Å². The van der Waals surface area contributed by atoms with E-state index in [9.17, 15) is 0 Å². The van der Waals surface area contributed by atoms with E-state index < -0.39 is 0 Å². The highest BCUT2D eigenvalue weighted by molar-refractivity contribution is 7.80. The van der Waals surface area contributed by atoms with Crippen LogP contribution < -0.4 is 15.8 Å². The van der Waals surface area contributed by atoms with Gasteiger partial charge in [-0.2, -0.15) is 0 Å². The molecule has 1 aromatic rings. The van der Waals surface area contributed by atoms with Crippen LogP contribution in [0.3, 0.4) is 0 Å². The summed E-state index contributed by atoms with van der Waals surface area (Å²) in [7, 11) is 0. The summed E-state index contributed by atoms with van der Waals surface area (Å²) in [6.45, 7) is 6.55. The van der Waals surface area contributed by atoms with Crippen LogP contribution in [0.1, 0.15) is 18.5 Å². The Morgan fingerprint density at radius 3 is 2.53 bits per heavy atom. The molecule has 5 heteroatoms. The van der Waals surface area contributed by atoms with Gasteiger partial charge in [0.1, 0.15) is 5.75 Å². The molecule has 1 unspecified atom stereocenters. The lowest BCUT2D eigenvalue weighted by Gasteiger charge is -2.34. The predicted octanol–water partition coefficient (Wildman–Crippen LogP) is 1.32. The zero-order valence-electron chi connectivity index (χ0n) is 11.3. The average Bonchev–Trinajstić information content (AvgIpc) is 2.42. The highest BCUT2D eigenvalue weighted by Gasteiger charge is 2.24. The third-order valence-corrected chi connectivity index (χ3v) is 3.52. The Morgan fingerprint density at radius 2 is 2.00 bits per heavy atom. The first kappa shape index (κ1) is 14.2. The number of nitrogens with zero attached hydrogens (tertiary/aromatic N) is 1. The van der Waals surface area contributed by atoms with Crippen molar-refractivity contribution in [1.29, 1.82) is 0 Å². The third-order valence-electron chi connectivity index (χ3n) is 3.29. The van der Waals surface area contributed by atoms with Crippen LogP contribution >= 0.6 is 12.2 Å². The number of hydrogen-bond acceptors (Lipinski definition) is 4. The zero-order valence-corrected chi connectivity index (χ0v) is 12.1. The molecule has 3 N–H and O–H groups in total. The van der Waals surface area contributed by atoms with Crippen molar-refractivity contribution in [2.75, 3.05) is 32.8 Å². The lowest BCUT2D eigenvalue weighted by atomic mass is 10.0. The van der Waals surface area contributed by atoms with Gasteiger partial charge in [0.25, 0.3) is 0 Å². The molecule has 0 bridgehead atoms. The van der Waals surface area contributed by atoms with E-state index in [0.717, 1.165) is 37.5 Å². The average molecular weight is 279 g/mol. The second-order valence-electron chi connectivity index (χ2n) is 4.59. The van der Waals surface area contributed by atoms with Crippen LogP contribution in [0.5, 0.6) is 5.75 Å². The maximum Gasteiger partial charge on any atom is 0.119 e. The topological polar surface area (TPSA) is 50.5 Å². The van der Waals surface area contributed by atoms with E-state index in [0.29, 0.717) is 11.6 Å². The van der Waals surface area contributed by atoms with E-state index in [2.05, 4.69) is 22.3 Å². The van der Waals surface area contributed by atoms with E-state index in [1.807, 2.05) is 19.1 Å². The molecule has 1 aliphatic heterocycles. The van der Waals surface area contributed by atoms with Crippen LogP contribution in [0.4, 0.5) is 0 Å². The number of rotatable bonds is 5. The minimum atomic E-state index is 0.0211. The molecule has 1 fully saturated rings. The van der Waals surface area contributed by atoms with Crippen molar-refractivity contribution < 1.29 is 4.74 Å². The lowest BCUT2D eigenvalue weighted by molar-refractivity contribution is 0.215. The van der Waals surface area contributed by atoms with Gasteiger partial charge >= 0.3 is 0 Å². The van der Waals surface area contributed by atoms with Crippen molar-refractivity contribution in [3.63, 3.8) is 0 Å². The summed E-state index contributed by atoms with van der Waals surface area (Å²) >= 11 is 5.25. The van der Waals surface area contributed by atoms with Crippen molar-refractivity contribution in [3.8, 4) is 5.75 Å². The van der Waals surface area contributed by atoms with Crippen LogP contribution in [-0.4, -0.2) is 42.7 Å². The first-order chi connectivity index (χ1) is 9.22. The van der Waals surface area contributed by atoms with Crippen molar-refractivity contribution in [2.24, 2.45) is 5.73 Å².